The van der Waals surface area contributed by atoms with Crippen molar-refractivity contribution in [1.29, 1.82) is 0 Å². The fourth-order valence-electron chi connectivity index (χ4n) is 3.21. The van der Waals surface area contributed by atoms with Gasteiger partial charge in [0, 0.05) is 25.3 Å². The van der Waals surface area contributed by atoms with Gasteiger partial charge in [0.25, 0.3) is 0 Å². The van der Waals surface area contributed by atoms with Crippen LogP contribution in [0.3, 0.4) is 0 Å². The first kappa shape index (κ1) is 18.4. The highest BCUT2D eigenvalue weighted by Gasteiger charge is 2.17. The Kier molecular flexibility index (Phi) is 6.35. The lowest BCUT2D eigenvalue weighted by atomic mass is 10.0. The second kappa shape index (κ2) is 8.27. The topological polar surface area (TPSA) is 47.7 Å². The molecule has 24 heavy (non-hydrogen) atoms. The van der Waals surface area contributed by atoms with Crippen molar-refractivity contribution in [3.63, 3.8) is 0 Å². The largest absolute Gasteiger partial charge is 0.493 e. The Hall–Kier alpha value is -1.91. The maximum absolute atomic E-state index is 5.88. The minimum atomic E-state index is 0. The fraction of sp³-hybridized carbons (Fsp3) is 0.368. The van der Waals surface area contributed by atoms with E-state index in [4.69, 9.17) is 15.2 Å². The summed E-state index contributed by atoms with van der Waals surface area (Å²) in [6, 6.07) is 12.4. The van der Waals surface area contributed by atoms with Crippen molar-refractivity contribution in [3.8, 4) is 11.5 Å². The third-order valence-electron chi connectivity index (χ3n) is 4.46. The minimum Gasteiger partial charge on any atom is -0.493 e. The molecule has 0 spiro atoms. The van der Waals surface area contributed by atoms with Crippen LogP contribution in [0.25, 0.3) is 0 Å². The van der Waals surface area contributed by atoms with E-state index in [-0.39, 0.29) is 12.4 Å². The summed E-state index contributed by atoms with van der Waals surface area (Å²) in [5, 5.41) is 0. The van der Waals surface area contributed by atoms with Crippen LogP contribution < -0.4 is 15.2 Å². The number of benzene rings is 2. The summed E-state index contributed by atoms with van der Waals surface area (Å²) in [5.41, 5.74) is 10.7. The fourth-order valence-corrected chi connectivity index (χ4v) is 3.21. The molecule has 2 aromatic rings. The van der Waals surface area contributed by atoms with E-state index in [9.17, 15) is 0 Å². The number of nitrogens with two attached hydrogens (primary N) is 1. The van der Waals surface area contributed by atoms with Crippen LogP contribution in [0.15, 0.2) is 36.4 Å². The number of nitrogen functional groups attached to an aromatic ring is 1. The quantitative estimate of drug-likeness (QED) is 0.861. The number of anilines is 1. The molecule has 1 aliphatic rings. The van der Waals surface area contributed by atoms with Crippen molar-refractivity contribution >= 4 is 18.1 Å². The van der Waals surface area contributed by atoms with Gasteiger partial charge in [-0.3, -0.25) is 4.90 Å². The second-order valence-corrected chi connectivity index (χ2v) is 6.00. The standard InChI is InChI=1S/C19H24N2O2.ClH/c1-22-18-11-15-6-8-21(9-7-16(15)12-19(18)23-2)13-14-4-3-5-17(20)10-14;/h3-5,10-12H,6-9,13,20H2,1-2H3;1H. The van der Waals surface area contributed by atoms with E-state index < -0.39 is 0 Å². The molecule has 2 N–H and O–H groups in total. The Morgan fingerprint density at radius 2 is 1.54 bits per heavy atom. The minimum absolute atomic E-state index is 0. The Balaban J connectivity index is 0.00000208. The maximum Gasteiger partial charge on any atom is 0.161 e. The summed E-state index contributed by atoms with van der Waals surface area (Å²) in [4.78, 5) is 2.48. The zero-order valence-corrected chi connectivity index (χ0v) is 15.1. The highest BCUT2D eigenvalue weighted by atomic mass is 35.5. The van der Waals surface area contributed by atoms with Crippen molar-refractivity contribution in [1.82, 2.24) is 4.90 Å². The van der Waals surface area contributed by atoms with E-state index in [0.29, 0.717) is 0 Å². The molecular formula is C19H25ClN2O2. The van der Waals surface area contributed by atoms with Crippen LogP contribution in [0.2, 0.25) is 0 Å². The number of ether oxygens (including phenoxy) is 2. The van der Waals surface area contributed by atoms with Crippen molar-refractivity contribution in [2.45, 2.75) is 19.4 Å². The number of halogens is 1. The van der Waals surface area contributed by atoms with Crippen molar-refractivity contribution in [3.05, 3.63) is 53.1 Å². The number of hydrogen-bond acceptors (Lipinski definition) is 4. The molecule has 130 valence electrons. The molecule has 0 unspecified atom stereocenters. The molecular weight excluding hydrogens is 324 g/mol. The Labute approximate surface area is 150 Å². The molecule has 0 saturated carbocycles. The molecule has 1 aliphatic heterocycles. The molecule has 4 nitrogen and oxygen atoms in total. The molecule has 0 bridgehead atoms. The Morgan fingerprint density at radius 1 is 0.958 bits per heavy atom. The number of methoxy groups -OCH3 is 2. The lowest BCUT2D eigenvalue weighted by molar-refractivity contribution is 0.279. The van der Waals surface area contributed by atoms with Crippen LogP contribution in [0, 0.1) is 0 Å². The normalized spacial score (nSPS) is 14.2. The van der Waals surface area contributed by atoms with Crippen LogP contribution in [-0.4, -0.2) is 32.2 Å². The molecule has 0 aromatic heterocycles. The van der Waals surface area contributed by atoms with Crippen molar-refractivity contribution in [2.24, 2.45) is 0 Å². The summed E-state index contributed by atoms with van der Waals surface area (Å²) < 4.78 is 10.9. The van der Waals surface area contributed by atoms with Gasteiger partial charge in [-0.15, -0.1) is 12.4 Å². The van der Waals surface area contributed by atoms with Gasteiger partial charge >= 0.3 is 0 Å². The number of hydrogen-bond donors (Lipinski definition) is 1. The lowest BCUT2D eigenvalue weighted by Crippen LogP contribution is -2.25. The van der Waals surface area contributed by atoms with Crippen molar-refractivity contribution < 1.29 is 9.47 Å². The SMILES string of the molecule is COc1cc2c(cc1OC)CCN(Cc1cccc(N)c1)CC2.Cl. The summed E-state index contributed by atoms with van der Waals surface area (Å²) in [6.07, 6.45) is 2.05. The zero-order chi connectivity index (χ0) is 16.2. The second-order valence-electron chi connectivity index (χ2n) is 6.00. The van der Waals surface area contributed by atoms with Crippen LogP contribution >= 0.6 is 12.4 Å². The summed E-state index contributed by atoms with van der Waals surface area (Å²) >= 11 is 0. The van der Waals surface area contributed by atoms with Gasteiger partial charge in [0.15, 0.2) is 11.5 Å². The molecule has 1 heterocycles. The van der Waals surface area contributed by atoms with Gasteiger partial charge in [0.2, 0.25) is 0 Å². The highest BCUT2D eigenvalue weighted by Crippen LogP contribution is 2.32. The molecule has 0 aliphatic carbocycles. The van der Waals surface area contributed by atoms with Crippen molar-refractivity contribution in [2.75, 3.05) is 33.0 Å². The maximum atomic E-state index is 5.88. The monoisotopic (exact) mass is 348 g/mol. The number of fused-ring (bicyclic) bond motifs is 1. The van der Waals surface area contributed by atoms with E-state index in [1.807, 2.05) is 12.1 Å². The first-order valence-corrected chi connectivity index (χ1v) is 8.00. The van der Waals surface area contributed by atoms with Gasteiger partial charge in [-0.1, -0.05) is 12.1 Å². The number of nitrogens with zero attached hydrogens (tertiary/aromatic N) is 1. The smallest absolute Gasteiger partial charge is 0.161 e. The Morgan fingerprint density at radius 3 is 2.04 bits per heavy atom. The third kappa shape index (κ3) is 4.13. The van der Waals surface area contributed by atoms with Crippen LogP contribution in [0.1, 0.15) is 16.7 Å². The number of rotatable bonds is 4. The van der Waals surface area contributed by atoms with Crippen LogP contribution in [-0.2, 0) is 19.4 Å². The predicted molar refractivity (Wildman–Crippen MR) is 100 cm³/mol. The molecule has 0 saturated heterocycles. The molecule has 2 aromatic carbocycles. The summed E-state index contributed by atoms with van der Waals surface area (Å²) in [5.74, 6) is 1.63. The van der Waals surface area contributed by atoms with Gasteiger partial charge in [0.1, 0.15) is 0 Å². The third-order valence-corrected chi connectivity index (χ3v) is 4.46. The van der Waals surface area contributed by atoms with Gasteiger partial charge in [-0.25, -0.2) is 0 Å². The van der Waals surface area contributed by atoms with E-state index >= 15 is 0 Å². The predicted octanol–water partition coefficient (Wildman–Crippen LogP) is 3.31. The van der Waals surface area contributed by atoms with Crippen LogP contribution in [0.4, 0.5) is 5.69 Å². The first-order chi connectivity index (χ1) is 11.2. The van der Waals surface area contributed by atoms with Gasteiger partial charge < -0.3 is 15.2 Å². The molecule has 0 amide bonds. The van der Waals surface area contributed by atoms with E-state index in [1.165, 1.54) is 16.7 Å². The molecule has 0 fully saturated rings. The summed E-state index contributed by atoms with van der Waals surface area (Å²) in [6.45, 7) is 3.02. The van der Waals surface area contributed by atoms with Crippen LogP contribution in [0.5, 0.6) is 11.5 Å². The molecule has 3 rings (SSSR count). The first-order valence-electron chi connectivity index (χ1n) is 8.00. The average Bonchev–Trinajstić information content (AvgIpc) is 2.75. The summed E-state index contributed by atoms with van der Waals surface area (Å²) in [7, 11) is 3.38. The van der Waals surface area contributed by atoms with Gasteiger partial charge in [0.05, 0.1) is 14.2 Å². The molecule has 0 radical (unpaired) electrons. The zero-order valence-electron chi connectivity index (χ0n) is 14.2. The van der Waals surface area contributed by atoms with E-state index in [0.717, 1.165) is 49.7 Å². The average molecular weight is 349 g/mol. The van der Waals surface area contributed by atoms with Gasteiger partial charge in [-0.2, -0.15) is 0 Å². The van der Waals surface area contributed by atoms with E-state index in [2.05, 4.69) is 29.2 Å². The molecule has 5 heteroatoms. The van der Waals surface area contributed by atoms with Gasteiger partial charge in [-0.05, 0) is 53.8 Å². The Bertz CT molecular complexity index is 656. The van der Waals surface area contributed by atoms with E-state index in [1.54, 1.807) is 14.2 Å². The lowest BCUT2D eigenvalue weighted by Gasteiger charge is -2.19. The highest BCUT2D eigenvalue weighted by molar-refractivity contribution is 5.85. The molecule has 0 atom stereocenters.